The van der Waals surface area contributed by atoms with E-state index in [4.69, 9.17) is 5.26 Å². The summed E-state index contributed by atoms with van der Waals surface area (Å²) >= 11 is 0. The van der Waals surface area contributed by atoms with Gasteiger partial charge >= 0.3 is 0 Å². The zero-order valence-electron chi connectivity index (χ0n) is 13.4. The number of halogens is 1. The van der Waals surface area contributed by atoms with Crippen molar-refractivity contribution in [2.45, 2.75) is 13.5 Å². The van der Waals surface area contributed by atoms with Gasteiger partial charge in [-0.2, -0.15) is 5.26 Å². The summed E-state index contributed by atoms with van der Waals surface area (Å²) in [6.07, 6.45) is 0. The lowest BCUT2D eigenvalue weighted by Crippen LogP contribution is -2.11. The lowest BCUT2D eigenvalue weighted by Gasteiger charge is -2.15. The molecule has 2 aromatic carbocycles. The Morgan fingerprint density at radius 2 is 2.00 bits per heavy atom. The third-order valence-corrected chi connectivity index (χ3v) is 3.52. The van der Waals surface area contributed by atoms with Crippen LogP contribution in [0.15, 0.2) is 36.4 Å². The summed E-state index contributed by atoms with van der Waals surface area (Å²) in [5.74, 6) is -0.369. The van der Waals surface area contributed by atoms with E-state index in [1.807, 2.05) is 6.07 Å². The molecule has 0 aliphatic carbocycles. The van der Waals surface area contributed by atoms with E-state index in [9.17, 15) is 9.18 Å². The van der Waals surface area contributed by atoms with E-state index in [0.717, 1.165) is 5.56 Å². The van der Waals surface area contributed by atoms with E-state index in [2.05, 4.69) is 11.4 Å². The van der Waals surface area contributed by atoms with Gasteiger partial charge in [0.2, 0.25) is 0 Å². The van der Waals surface area contributed by atoms with Crippen molar-refractivity contribution < 1.29 is 9.18 Å². The van der Waals surface area contributed by atoms with Gasteiger partial charge in [-0.05, 0) is 42.8 Å². The first-order valence-corrected chi connectivity index (χ1v) is 7.17. The fourth-order valence-electron chi connectivity index (χ4n) is 2.23. The molecule has 0 bridgehead atoms. The second-order valence-corrected chi connectivity index (χ2v) is 5.46. The minimum absolute atomic E-state index is 0.0704. The number of hydrogen-bond donors (Lipinski definition) is 1. The average Bonchev–Trinajstić information content (AvgIpc) is 2.52. The highest BCUT2D eigenvalue weighted by molar-refractivity contribution is 5.95. The van der Waals surface area contributed by atoms with Crippen LogP contribution < -0.4 is 10.2 Å². The first-order chi connectivity index (χ1) is 10.9. The van der Waals surface area contributed by atoms with Gasteiger partial charge in [-0.3, -0.25) is 4.79 Å². The molecule has 0 aliphatic heterocycles. The second-order valence-electron chi connectivity index (χ2n) is 5.46. The monoisotopic (exact) mass is 311 g/mol. The van der Waals surface area contributed by atoms with E-state index >= 15 is 0 Å². The molecule has 0 spiro atoms. The SMILES string of the molecule is CC(=O)c1ccc(C#N)c(NCc2ccc(N(C)C)c(F)c2)c1. The van der Waals surface area contributed by atoms with E-state index < -0.39 is 0 Å². The Morgan fingerprint density at radius 1 is 1.26 bits per heavy atom. The smallest absolute Gasteiger partial charge is 0.159 e. The molecule has 1 N–H and O–H groups in total. The number of carbonyl (C=O) groups is 1. The predicted molar refractivity (Wildman–Crippen MR) is 89.2 cm³/mol. The molecule has 2 rings (SSSR count). The van der Waals surface area contributed by atoms with Crippen molar-refractivity contribution >= 4 is 17.2 Å². The first-order valence-electron chi connectivity index (χ1n) is 7.17. The third kappa shape index (κ3) is 3.86. The van der Waals surface area contributed by atoms with Crippen LogP contribution in [0.1, 0.15) is 28.4 Å². The number of ketones is 1. The summed E-state index contributed by atoms with van der Waals surface area (Å²) in [5.41, 5.74) is 2.81. The Hall–Kier alpha value is -2.87. The first kappa shape index (κ1) is 16.5. The fourth-order valence-corrected chi connectivity index (χ4v) is 2.23. The highest BCUT2D eigenvalue weighted by atomic mass is 19.1. The van der Waals surface area contributed by atoms with Crippen LogP contribution >= 0.6 is 0 Å². The molecule has 0 saturated carbocycles. The maximum Gasteiger partial charge on any atom is 0.159 e. The van der Waals surface area contributed by atoms with Crippen molar-refractivity contribution in [3.63, 3.8) is 0 Å². The molecule has 2 aromatic rings. The second kappa shape index (κ2) is 6.93. The molecule has 23 heavy (non-hydrogen) atoms. The van der Waals surface area contributed by atoms with Crippen molar-refractivity contribution in [2.24, 2.45) is 0 Å². The molecule has 0 heterocycles. The molecule has 0 fully saturated rings. The summed E-state index contributed by atoms with van der Waals surface area (Å²) in [5, 5.41) is 12.2. The van der Waals surface area contributed by atoms with Crippen molar-refractivity contribution in [3.8, 4) is 6.07 Å². The minimum atomic E-state index is -0.299. The maximum absolute atomic E-state index is 14.0. The summed E-state index contributed by atoms with van der Waals surface area (Å²) < 4.78 is 14.0. The highest BCUT2D eigenvalue weighted by Crippen LogP contribution is 2.21. The molecular weight excluding hydrogens is 293 g/mol. The summed E-state index contributed by atoms with van der Waals surface area (Å²) in [4.78, 5) is 13.2. The molecule has 0 aromatic heterocycles. The molecule has 5 heteroatoms. The Labute approximate surface area is 135 Å². The van der Waals surface area contributed by atoms with Crippen LogP contribution in [-0.4, -0.2) is 19.9 Å². The van der Waals surface area contributed by atoms with Crippen LogP contribution in [-0.2, 0) is 6.54 Å². The van der Waals surface area contributed by atoms with Gasteiger partial charge in [0.15, 0.2) is 5.78 Å². The minimum Gasteiger partial charge on any atom is -0.380 e. The topological polar surface area (TPSA) is 56.1 Å². The van der Waals surface area contributed by atoms with Crippen LogP contribution in [0.25, 0.3) is 0 Å². The largest absolute Gasteiger partial charge is 0.380 e. The van der Waals surface area contributed by atoms with Gasteiger partial charge < -0.3 is 10.2 Å². The molecule has 118 valence electrons. The van der Waals surface area contributed by atoms with Gasteiger partial charge in [-0.25, -0.2) is 4.39 Å². The van der Waals surface area contributed by atoms with Crippen LogP contribution in [0.4, 0.5) is 15.8 Å². The van der Waals surface area contributed by atoms with Gasteiger partial charge in [0.05, 0.1) is 16.9 Å². The van der Waals surface area contributed by atoms with Crippen molar-refractivity contribution in [3.05, 3.63) is 58.9 Å². The quantitative estimate of drug-likeness (QED) is 0.858. The number of anilines is 2. The number of nitrogens with one attached hydrogen (secondary N) is 1. The molecule has 0 atom stereocenters. The van der Waals surface area contributed by atoms with Crippen LogP contribution in [0, 0.1) is 17.1 Å². The number of rotatable bonds is 5. The number of hydrogen-bond acceptors (Lipinski definition) is 4. The molecule has 0 amide bonds. The maximum atomic E-state index is 14.0. The summed E-state index contributed by atoms with van der Waals surface area (Å²) in [6, 6.07) is 12.0. The normalized spacial score (nSPS) is 10.0. The van der Waals surface area contributed by atoms with E-state index in [0.29, 0.717) is 29.0 Å². The van der Waals surface area contributed by atoms with Crippen molar-refractivity contribution in [1.29, 1.82) is 5.26 Å². The lowest BCUT2D eigenvalue weighted by atomic mass is 10.1. The molecule has 0 saturated heterocycles. The zero-order chi connectivity index (χ0) is 17.0. The van der Waals surface area contributed by atoms with E-state index in [-0.39, 0.29) is 11.6 Å². The molecule has 0 aliphatic rings. The standard InChI is InChI=1S/C18H18FN3O/c1-12(23)14-5-6-15(10-20)17(9-14)21-11-13-4-7-18(22(2)3)16(19)8-13/h4-9,21H,11H2,1-3H3. The Kier molecular flexibility index (Phi) is 4.97. The van der Waals surface area contributed by atoms with E-state index in [1.165, 1.54) is 13.0 Å². The molecule has 0 radical (unpaired) electrons. The zero-order valence-corrected chi connectivity index (χ0v) is 13.4. The Bertz CT molecular complexity index is 778. The van der Waals surface area contributed by atoms with Crippen molar-refractivity contribution in [2.75, 3.05) is 24.3 Å². The van der Waals surface area contributed by atoms with Gasteiger partial charge in [0.1, 0.15) is 11.9 Å². The van der Waals surface area contributed by atoms with Gasteiger partial charge in [0, 0.05) is 26.2 Å². The van der Waals surface area contributed by atoms with Gasteiger partial charge in [0.25, 0.3) is 0 Å². The average molecular weight is 311 g/mol. The van der Waals surface area contributed by atoms with Crippen LogP contribution in [0.2, 0.25) is 0 Å². The van der Waals surface area contributed by atoms with Crippen LogP contribution in [0.3, 0.4) is 0 Å². The van der Waals surface area contributed by atoms with E-state index in [1.54, 1.807) is 43.3 Å². The Morgan fingerprint density at radius 3 is 2.57 bits per heavy atom. The lowest BCUT2D eigenvalue weighted by molar-refractivity contribution is 0.101. The van der Waals surface area contributed by atoms with Gasteiger partial charge in [-0.15, -0.1) is 0 Å². The summed E-state index contributed by atoms with van der Waals surface area (Å²) in [7, 11) is 3.56. The molecule has 4 nitrogen and oxygen atoms in total. The number of nitriles is 1. The van der Waals surface area contributed by atoms with Gasteiger partial charge in [-0.1, -0.05) is 6.07 Å². The number of nitrogens with zero attached hydrogens (tertiary/aromatic N) is 2. The van der Waals surface area contributed by atoms with Crippen molar-refractivity contribution in [1.82, 2.24) is 0 Å². The fraction of sp³-hybridized carbons (Fsp3) is 0.222. The molecular formula is C18H18FN3O. The molecule has 0 unspecified atom stereocenters. The number of benzene rings is 2. The Balaban J connectivity index is 2.21. The third-order valence-electron chi connectivity index (χ3n) is 3.52. The number of Topliss-reactive ketones (excluding diaryl/α,β-unsaturated/α-hetero) is 1. The highest BCUT2D eigenvalue weighted by Gasteiger charge is 2.08. The van der Waals surface area contributed by atoms with Crippen LogP contribution in [0.5, 0.6) is 0 Å². The summed E-state index contributed by atoms with van der Waals surface area (Å²) in [6.45, 7) is 1.83. The predicted octanol–water partition coefficient (Wildman–Crippen LogP) is 3.58. The number of carbonyl (C=O) groups excluding carboxylic acids is 1.